The first kappa shape index (κ1) is 31.4. The van der Waals surface area contributed by atoms with Gasteiger partial charge >= 0.3 is 10.2 Å². The highest BCUT2D eigenvalue weighted by Gasteiger charge is 2.65. The van der Waals surface area contributed by atoms with E-state index in [-0.39, 0.29) is 35.4 Å². The van der Waals surface area contributed by atoms with Crippen LogP contribution in [-0.4, -0.2) is 91.2 Å². The van der Waals surface area contributed by atoms with Gasteiger partial charge in [0.1, 0.15) is 5.75 Å². The van der Waals surface area contributed by atoms with Crippen LogP contribution in [0.3, 0.4) is 0 Å². The van der Waals surface area contributed by atoms with E-state index in [2.05, 4.69) is 21.4 Å². The van der Waals surface area contributed by atoms with Gasteiger partial charge in [-0.05, 0) is 73.1 Å². The molecule has 2 saturated carbocycles. The monoisotopic (exact) mass is 673 g/mol. The predicted molar refractivity (Wildman–Crippen MR) is 181 cm³/mol. The molecule has 2 bridgehead atoms. The Morgan fingerprint density at radius 3 is 2.38 bits per heavy atom. The van der Waals surface area contributed by atoms with Gasteiger partial charge in [0.15, 0.2) is 0 Å². The fraction of sp³-hybridized carbons (Fsp3) is 0.528. The minimum Gasteiger partial charge on any atom is -0.497 e. The van der Waals surface area contributed by atoms with Crippen LogP contribution in [0.1, 0.15) is 85.2 Å². The number of ether oxygens (including phenoxy) is 1. The third-order valence-electron chi connectivity index (χ3n) is 11.8. The largest absolute Gasteiger partial charge is 0.497 e. The van der Waals surface area contributed by atoms with Crippen molar-refractivity contribution < 1.29 is 27.5 Å². The fourth-order valence-electron chi connectivity index (χ4n) is 9.28. The van der Waals surface area contributed by atoms with Crippen LogP contribution in [0.25, 0.3) is 22.2 Å². The molecule has 4 atom stereocenters. The third-order valence-corrected chi connectivity index (χ3v) is 13.2. The van der Waals surface area contributed by atoms with E-state index >= 15 is 0 Å². The zero-order chi connectivity index (χ0) is 33.7. The van der Waals surface area contributed by atoms with Crippen LogP contribution in [0.5, 0.6) is 5.75 Å². The summed E-state index contributed by atoms with van der Waals surface area (Å²) in [5, 5.41) is 1.05. The second-order valence-electron chi connectivity index (χ2n) is 14.7. The highest BCUT2D eigenvalue weighted by Crippen LogP contribution is 2.66. The summed E-state index contributed by atoms with van der Waals surface area (Å²) in [4.78, 5) is 44.4. The van der Waals surface area contributed by atoms with E-state index in [4.69, 9.17) is 4.74 Å². The highest BCUT2D eigenvalue weighted by molar-refractivity contribution is 7.87. The second kappa shape index (κ2) is 11.1. The van der Waals surface area contributed by atoms with Crippen LogP contribution < -0.4 is 9.46 Å². The second-order valence-corrected chi connectivity index (χ2v) is 16.6. The molecule has 254 valence electrons. The molecule has 12 heteroatoms. The van der Waals surface area contributed by atoms with E-state index in [1.807, 2.05) is 21.9 Å². The molecule has 1 N–H and O–H groups in total. The molecule has 3 amide bonds. The van der Waals surface area contributed by atoms with Crippen LogP contribution in [0.2, 0.25) is 0 Å². The maximum absolute atomic E-state index is 14.8. The van der Waals surface area contributed by atoms with Crippen molar-refractivity contribution in [2.75, 3.05) is 34.3 Å². The lowest BCUT2D eigenvalue weighted by atomic mass is 9.81. The molecule has 2 saturated heterocycles. The molecule has 4 heterocycles. The average molecular weight is 674 g/mol. The summed E-state index contributed by atoms with van der Waals surface area (Å²) < 4.78 is 36.3. The van der Waals surface area contributed by atoms with E-state index in [0.717, 1.165) is 69.9 Å². The summed E-state index contributed by atoms with van der Waals surface area (Å²) in [6.45, 7) is 3.19. The van der Waals surface area contributed by atoms with Crippen molar-refractivity contribution >= 4 is 38.8 Å². The minimum atomic E-state index is -3.99. The number of amides is 3. The Balaban J connectivity index is 1.29. The lowest BCUT2D eigenvalue weighted by molar-refractivity contribution is -0.143. The van der Waals surface area contributed by atoms with Gasteiger partial charge in [-0.25, -0.2) is 4.72 Å². The highest BCUT2D eigenvalue weighted by atomic mass is 32.2. The normalized spacial score (nSPS) is 26.2. The molecule has 11 nitrogen and oxygen atoms in total. The van der Waals surface area contributed by atoms with Gasteiger partial charge in [0.05, 0.1) is 30.3 Å². The van der Waals surface area contributed by atoms with Gasteiger partial charge in [0, 0.05) is 68.6 Å². The first-order valence-electron chi connectivity index (χ1n) is 17.1. The lowest BCUT2D eigenvalue weighted by Gasteiger charge is -2.36. The Bertz CT molecular complexity index is 1980. The van der Waals surface area contributed by atoms with Crippen molar-refractivity contribution in [1.29, 1.82) is 0 Å². The van der Waals surface area contributed by atoms with Gasteiger partial charge in [-0.15, -0.1) is 0 Å². The Morgan fingerprint density at radius 1 is 0.979 bits per heavy atom. The summed E-state index contributed by atoms with van der Waals surface area (Å²) in [7, 11) is 0.431. The molecule has 5 aliphatic rings. The summed E-state index contributed by atoms with van der Waals surface area (Å²) >= 11 is 0. The van der Waals surface area contributed by atoms with Gasteiger partial charge in [0.25, 0.3) is 5.91 Å². The Labute approximate surface area is 281 Å². The maximum atomic E-state index is 14.8. The van der Waals surface area contributed by atoms with E-state index < -0.39 is 21.5 Å². The van der Waals surface area contributed by atoms with E-state index in [9.17, 15) is 22.8 Å². The lowest BCUT2D eigenvalue weighted by Crippen LogP contribution is -2.52. The number of carbonyl (C=O) groups is 3. The Morgan fingerprint density at radius 2 is 1.71 bits per heavy atom. The molecule has 2 aliphatic carbocycles. The predicted octanol–water partition coefficient (Wildman–Crippen LogP) is 4.22. The number of likely N-dealkylation sites (tertiary alicyclic amines) is 2. The van der Waals surface area contributed by atoms with Crippen LogP contribution in [0, 0.1) is 5.41 Å². The number of nitrogens with zero attached hydrogens (tertiary/aromatic N) is 4. The summed E-state index contributed by atoms with van der Waals surface area (Å²) in [5.74, 6) is 0.584. The molecule has 48 heavy (non-hydrogen) atoms. The van der Waals surface area contributed by atoms with Gasteiger partial charge in [-0.3, -0.25) is 14.4 Å². The zero-order valence-electron chi connectivity index (χ0n) is 28.0. The number of piperazine rings is 1. The van der Waals surface area contributed by atoms with Gasteiger partial charge in [0.2, 0.25) is 11.8 Å². The van der Waals surface area contributed by atoms with Crippen molar-refractivity contribution in [3.8, 4) is 17.0 Å². The van der Waals surface area contributed by atoms with Crippen LogP contribution in [-0.2, 0) is 26.3 Å². The summed E-state index contributed by atoms with van der Waals surface area (Å²) in [5.41, 5.74) is 4.97. The summed E-state index contributed by atoms with van der Waals surface area (Å²) in [6.07, 6.45) is 7.16. The molecular formula is C36H43N5O6S. The van der Waals surface area contributed by atoms with Gasteiger partial charge in [-0.2, -0.15) is 12.7 Å². The fourth-order valence-corrected chi connectivity index (χ4v) is 9.81. The molecule has 4 fully saturated rings. The van der Waals surface area contributed by atoms with Crippen LogP contribution >= 0.6 is 0 Å². The number of fused-ring (bicyclic) bond motifs is 9. The smallest absolute Gasteiger partial charge is 0.303 e. The Kier molecular flexibility index (Phi) is 7.23. The van der Waals surface area contributed by atoms with Crippen molar-refractivity contribution in [2.45, 2.75) is 82.3 Å². The molecule has 2 unspecified atom stereocenters. The van der Waals surface area contributed by atoms with E-state index in [0.29, 0.717) is 32.0 Å². The number of carbonyl (C=O) groups excluding carboxylic acids is 3. The number of nitrogens with one attached hydrogen (secondary N) is 1. The number of aromatic nitrogens is 1. The maximum Gasteiger partial charge on any atom is 0.303 e. The molecule has 8 rings (SSSR count). The molecular weight excluding hydrogens is 630 g/mol. The SMILES string of the molecule is COc1ccc2c(c1)C1CC1(C(=O)N1C[C@@H]3C[C@@H]1CN3C(C)=O)Cn1c-2c(C2CCCCC2)c2ccc(C(=O)NS(=O)(=O)N(C)C)cc21. The van der Waals surface area contributed by atoms with Crippen molar-refractivity contribution in [3.05, 3.63) is 53.1 Å². The molecule has 1 aromatic heterocycles. The third kappa shape index (κ3) is 4.69. The molecule has 2 aromatic carbocycles. The summed E-state index contributed by atoms with van der Waals surface area (Å²) in [6, 6.07) is 11.8. The van der Waals surface area contributed by atoms with Crippen molar-refractivity contribution in [1.82, 2.24) is 23.4 Å². The Hall–Kier alpha value is -3.90. The van der Waals surface area contributed by atoms with E-state index in [1.165, 1.54) is 26.1 Å². The van der Waals surface area contributed by atoms with Crippen LogP contribution in [0.15, 0.2) is 36.4 Å². The van der Waals surface area contributed by atoms with Crippen LogP contribution in [0.4, 0.5) is 0 Å². The number of hydrogen-bond acceptors (Lipinski definition) is 6. The van der Waals surface area contributed by atoms with Gasteiger partial charge < -0.3 is 19.1 Å². The van der Waals surface area contributed by atoms with Gasteiger partial charge in [-0.1, -0.05) is 25.3 Å². The minimum absolute atomic E-state index is 0.00371. The first-order chi connectivity index (χ1) is 22.9. The number of benzene rings is 2. The number of hydrogen-bond donors (Lipinski definition) is 1. The number of methoxy groups -OCH3 is 1. The van der Waals surface area contributed by atoms with E-state index in [1.54, 1.807) is 26.2 Å². The quantitative estimate of drug-likeness (QED) is 0.419. The first-order valence-corrected chi connectivity index (χ1v) is 18.5. The molecule has 3 aliphatic heterocycles. The topological polar surface area (TPSA) is 121 Å². The van der Waals surface area contributed by atoms with Crippen molar-refractivity contribution in [2.24, 2.45) is 5.41 Å². The number of rotatable bonds is 6. The molecule has 0 spiro atoms. The zero-order valence-corrected chi connectivity index (χ0v) is 28.8. The standard InChI is InChI=1S/C36H43N5O6S/c1-21(42)39-18-25-15-24(39)19-40(25)35(44)36-17-30(36)29-16-26(47-4)11-13-27(29)33-32(22-8-6-5-7-9-22)28-12-10-23(14-31(28)41(33)20-36)34(43)37-48(45,46)38(2)3/h10-14,16,22,24-25,30H,5-9,15,17-20H2,1-4H3,(H,37,43)/t24-,25+,30?,36?/m0/s1. The average Bonchev–Trinajstić information content (AvgIpc) is 3.31. The molecule has 3 aromatic rings. The van der Waals surface area contributed by atoms with Crippen molar-refractivity contribution in [3.63, 3.8) is 0 Å². The molecule has 0 radical (unpaired) electrons.